The van der Waals surface area contributed by atoms with Gasteiger partial charge < -0.3 is 5.11 Å². The van der Waals surface area contributed by atoms with Gasteiger partial charge in [-0.15, -0.1) is 0 Å². The van der Waals surface area contributed by atoms with Crippen molar-refractivity contribution < 1.29 is 5.11 Å². The van der Waals surface area contributed by atoms with E-state index in [1.807, 2.05) is 0 Å². The summed E-state index contributed by atoms with van der Waals surface area (Å²) in [5, 5.41) is 9.46. The second kappa shape index (κ2) is 4.07. The number of nitrogens with zero attached hydrogens (tertiary/aromatic N) is 1. The fourth-order valence-electron chi connectivity index (χ4n) is 1.54. The lowest BCUT2D eigenvalue weighted by atomic mass is 10.0. The topological polar surface area (TPSA) is 23.5 Å². The Morgan fingerprint density at radius 2 is 2.36 bits per heavy atom. The van der Waals surface area contributed by atoms with Crippen LogP contribution in [0.1, 0.15) is 33.1 Å². The van der Waals surface area contributed by atoms with E-state index in [-0.39, 0.29) is 6.10 Å². The average Bonchev–Trinajstić information content (AvgIpc) is 1.98. The molecule has 0 aliphatic carbocycles. The molecule has 1 saturated heterocycles. The average molecular weight is 157 g/mol. The number of aliphatic hydroxyl groups excluding tert-OH is 1. The van der Waals surface area contributed by atoms with Gasteiger partial charge in [0, 0.05) is 12.6 Å². The summed E-state index contributed by atoms with van der Waals surface area (Å²) >= 11 is 0. The standard InChI is InChI=1S/C9H19NO/c1-3-4-9(11)7-10-6-5-8(10)2/h8-9,11H,3-7H2,1-2H3. The quantitative estimate of drug-likeness (QED) is 0.663. The molecule has 1 rings (SSSR count). The zero-order valence-corrected chi connectivity index (χ0v) is 7.58. The summed E-state index contributed by atoms with van der Waals surface area (Å²) in [6.07, 6.45) is 3.24. The van der Waals surface area contributed by atoms with Crippen LogP contribution in [0.3, 0.4) is 0 Å². The van der Waals surface area contributed by atoms with Crippen molar-refractivity contribution in [2.24, 2.45) is 0 Å². The van der Waals surface area contributed by atoms with Gasteiger partial charge in [0.1, 0.15) is 0 Å². The Morgan fingerprint density at radius 1 is 1.64 bits per heavy atom. The van der Waals surface area contributed by atoms with Gasteiger partial charge in [-0.2, -0.15) is 0 Å². The van der Waals surface area contributed by atoms with Crippen LogP contribution in [0.4, 0.5) is 0 Å². The van der Waals surface area contributed by atoms with Gasteiger partial charge in [0.25, 0.3) is 0 Å². The van der Waals surface area contributed by atoms with Crippen LogP contribution in [-0.2, 0) is 0 Å². The summed E-state index contributed by atoms with van der Waals surface area (Å²) in [6.45, 7) is 6.40. The molecule has 2 heteroatoms. The van der Waals surface area contributed by atoms with Gasteiger partial charge in [0.05, 0.1) is 6.10 Å². The van der Waals surface area contributed by atoms with Gasteiger partial charge in [-0.3, -0.25) is 4.90 Å². The maximum Gasteiger partial charge on any atom is 0.0667 e. The lowest BCUT2D eigenvalue weighted by Gasteiger charge is -2.39. The van der Waals surface area contributed by atoms with Gasteiger partial charge in [0.2, 0.25) is 0 Å². The normalized spacial score (nSPS) is 28.1. The van der Waals surface area contributed by atoms with E-state index in [1.165, 1.54) is 13.0 Å². The summed E-state index contributed by atoms with van der Waals surface area (Å²) in [6, 6.07) is 0.710. The largest absolute Gasteiger partial charge is 0.392 e. The Morgan fingerprint density at radius 3 is 2.73 bits per heavy atom. The molecule has 2 atom stereocenters. The third-order valence-corrected chi connectivity index (χ3v) is 2.52. The molecule has 0 amide bonds. The fourth-order valence-corrected chi connectivity index (χ4v) is 1.54. The molecule has 0 aromatic rings. The Labute approximate surface area is 69.2 Å². The molecule has 1 fully saturated rings. The van der Waals surface area contributed by atoms with Crippen LogP contribution >= 0.6 is 0 Å². The summed E-state index contributed by atoms with van der Waals surface area (Å²) in [5.41, 5.74) is 0. The van der Waals surface area contributed by atoms with Crippen LogP contribution < -0.4 is 0 Å². The minimum atomic E-state index is -0.0947. The smallest absolute Gasteiger partial charge is 0.0667 e. The monoisotopic (exact) mass is 157 g/mol. The Balaban J connectivity index is 2.09. The third kappa shape index (κ3) is 2.46. The first-order valence-corrected chi connectivity index (χ1v) is 4.66. The van der Waals surface area contributed by atoms with Crippen molar-refractivity contribution in [3.05, 3.63) is 0 Å². The van der Waals surface area contributed by atoms with Crippen LogP contribution in [0.2, 0.25) is 0 Å². The van der Waals surface area contributed by atoms with E-state index >= 15 is 0 Å². The second-order valence-corrected chi connectivity index (χ2v) is 3.58. The Kier molecular flexibility index (Phi) is 3.34. The molecule has 0 aromatic carbocycles. The van der Waals surface area contributed by atoms with Crippen molar-refractivity contribution in [1.29, 1.82) is 0 Å². The molecule has 66 valence electrons. The Hall–Kier alpha value is -0.0800. The van der Waals surface area contributed by atoms with Crippen molar-refractivity contribution in [3.63, 3.8) is 0 Å². The highest BCUT2D eigenvalue weighted by Crippen LogP contribution is 2.16. The highest BCUT2D eigenvalue weighted by atomic mass is 16.3. The molecule has 0 bridgehead atoms. The minimum Gasteiger partial charge on any atom is -0.392 e. The summed E-state index contributed by atoms with van der Waals surface area (Å²) in [7, 11) is 0. The van der Waals surface area contributed by atoms with E-state index in [9.17, 15) is 5.11 Å². The van der Waals surface area contributed by atoms with Gasteiger partial charge >= 0.3 is 0 Å². The zero-order chi connectivity index (χ0) is 8.27. The lowest BCUT2D eigenvalue weighted by molar-refractivity contribution is 0.0359. The molecule has 1 aliphatic heterocycles. The fraction of sp³-hybridized carbons (Fsp3) is 1.00. The molecule has 0 saturated carbocycles. The van der Waals surface area contributed by atoms with Crippen LogP contribution in [0.5, 0.6) is 0 Å². The van der Waals surface area contributed by atoms with E-state index in [4.69, 9.17) is 0 Å². The molecule has 1 aliphatic rings. The molecule has 1 N–H and O–H groups in total. The predicted molar refractivity (Wildman–Crippen MR) is 46.6 cm³/mol. The molecule has 2 nitrogen and oxygen atoms in total. The number of rotatable bonds is 4. The van der Waals surface area contributed by atoms with Gasteiger partial charge in [0.15, 0.2) is 0 Å². The first-order chi connectivity index (χ1) is 5.24. The van der Waals surface area contributed by atoms with Gasteiger partial charge in [-0.05, 0) is 26.3 Å². The van der Waals surface area contributed by atoms with Crippen molar-refractivity contribution in [3.8, 4) is 0 Å². The third-order valence-electron chi connectivity index (χ3n) is 2.52. The molecular weight excluding hydrogens is 138 g/mol. The number of aliphatic hydroxyl groups is 1. The number of hydrogen-bond donors (Lipinski definition) is 1. The van der Waals surface area contributed by atoms with Crippen molar-refractivity contribution in [2.45, 2.75) is 45.3 Å². The van der Waals surface area contributed by atoms with Crippen LogP contribution in [0.15, 0.2) is 0 Å². The van der Waals surface area contributed by atoms with Crippen molar-refractivity contribution in [2.75, 3.05) is 13.1 Å². The molecule has 2 unspecified atom stereocenters. The van der Waals surface area contributed by atoms with E-state index in [0.29, 0.717) is 6.04 Å². The highest BCUT2D eigenvalue weighted by Gasteiger charge is 2.24. The number of likely N-dealkylation sites (tertiary alicyclic amines) is 1. The first-order valence-electron chi connectivity index (χ1n) is 4.66. The van der Waals surface area contributed by atoms with Gasteiger partial charge in [-0.25, -0.2) is 0 Å². The molecule has 1 heterocycles. The van der Waals surface area contributed by atoms with E-state index in [0.717, 1.165) is 19.4 Å². The van der Waals surface area contributed by atoms with Crippen LogP contribution in [0.25, 0.3) is 0 Å². The summed E-state index contributed by atoms with van der Waals surface area (Å²) in [5.74, 6) is 0. The van der Waals surface area contributed by atoms with Crippen LogP contribution in [0, 0.1) is 0 Å². The Bertz CT molecular complexity index is 116. The minimum absolute atomic E-state index is 0.0947. The molecule has 0 spiro atoms. The summed E-state index contributed by atoms with van der Waals surface area (Å²) in [4.78, 5) is 2.35. The van der Waals surface area contributed by atoms with Gasteiger partial charge in [-0.1, -0.05) is 13.3 Å². The van der Waals surface area contributed by atoms with Crippen molar-refractivity contribution >= 4 is 0 Å². The maximum absolute atomic E-state index is 9.46. The van der Waals surface area contributed by atoms with Crippen molar-refractivity contribution in [1.82, 2.24) is 4.90 Å². The predicted octanol–water partition coefficient (Wildman–Crippen LogP) is 1.24. The van der Waals surface area contributed by atoms with E-state index in [2.05, 4.69) is 18.7 Å². The SMILES string of the molecule is CCCC(O)CN1CCC1C. The lowest BCUT2D eigenvalue weighted by Crippen LogP contribution is -2.48. The van der Waals surface area contributed by atoms with E-state index in [1.54, 1.807) is 0 Å². The van der Waals surface area contributed by atoms with E-state index < -0.39 is 0 Å². The molecule has 0 aromatic heterocycles. The first kappa shape index (κ1) is 9.01. The summed E-state index contributed by atoms with van der Waals surface area (Å²) < 4.78 is 0. The molecule has 0 radical (unpaired) electrons. The highest BCUT2D eigenvalue weighted by molar-refractivity contribution is 4.80. The maximum atomic E-state index is 9.46. The zero-order valence-electron chi connectivity index (χ0n) is 7.58. The number of β-amino-alcohol motifs (C(OH)–C–C–N with tert-alkyl or cyclic N) is 1. The van der Waals surface area contributed by atoms with Crippen LogP contribution in [-0.4, -0.2) is 35.2 Å². The molecular formula is C9H19NO. The molecule has 11 heavy (non-hydrogen) atoms. The second-order valence-electron chi connectivity index (χ2n) is 3.58. The number of hydrogen-bond acceptors (Lipinski definition) is 2.